The summed E-state index contributed by atoms with van der Waals surface area (Å²) in [5.74, 6) is 2.87. The minimum Gasteiger partial charge on any atom is -0.383 e. The molecular weight excluding hydrogens is 248 g/mol. The van der Waals surface area contributed by atoms with E-state index in [0.29, 0.717) is 17.8 Å². The van der Waals surface area contributed by atoms with E-state index in [1.54, 1.807) is 0 Å². The highest BCUT2D eigenvalue weighted by Gasteiger charge is 2.24. The van der Waals surface area contributed by atoms with E-state index in [1.165, 1.54) is 32.1 Å². The fourth-order valence-corrected chi connectivity index (χ4v) is 2.96. The first-order valence-corrected chi connectivity index (χ1v) is 7.95. The monoisotopic (exact) mass is 276 g/mol. The molecule has 4 nitrogen and oxygen atoms in total. The highest BCUT2D eigenvalue weighted by molar-refractivity contribution is 5.57. The minimum absolute atomic E-state index is 0.309. The van der Waals surface area contributed by atoms with Crippen LogP contribution in [0.2, 0.25) is 0 Å². The number of nitrogen functional groups attached to an aromatic ring is 1. The van der Waals surface area contributed by atoms with Gasteiger partial charge in [0, 0.05) is 24.1 Å². The smallest absolute Gasteiger partial charge is 0.137 e. The van der Waals surface area contributed by atoms with E-state index in [0.717, 1.165) is 23.8 Å². The molecule has 1 aliphatic heterocycles. The van der Waals surface area contributed by atoms with E-state index >= 15 is 0 Å². The molecule has 0 spiro atoms. The molecule has 0 aromatic carbocycles. The number of nitrogens with zero attached hydrogens (tertiary/aromatic N) is 3. The van der Waals surface area contributed by atoms with Crippen LogP contribution in [0, 0.1) is 6.92 Å². The van der Waals surface area contributed by atoms with E-state index in [2.05, 4.69) is 30.7 Å². The van der Waals surface area contributed by atoms with Crippen LogP contribution in [0.3, 0.4) is 0 Å². The number of hydrogen-bond donors (Lipinski definition) is 1. The lowest BCUT2D eigenvalue weighted by Gasteiger charge is -2.32. The highest BCUT2D eigenvalue weighted by Crippen LogP contribution is 2.30. The van der Waals surface area contributed by atoms with Crippen LogP contribution < -0.4 is 10.6 Å². The van der Waals surface area contributed by atoms with Crippen molar-refractivity contribution in [2.75, 3.05) is 17.2 Å². The Kier molecular flexibility index (Phi) is 4.84. The van der Waals surface area contributed by atoms with Gasteiger partial charge in [-0.15, -0.1) is 0 Å². The summed E-state index contributed by atoms with van der Waals surface area (Å²) in [6.07, 6.45) is 6.32. The van der Waals surface area contributed by atoms with Gasteiger partial charge in [0.05, 0.1) is 0 Å². The molecule has 0 radical (unpaired) electrons. The minimum atomic E-state index is 0.309. The molecule has 0 amide bonds. The molecule has 0 aliphatic carbocycles. The second-order valence-corrected chi connectivity index (χ2v) is 6.18. The zero-order valence-corrected chi connectivity index (χ0v) is 13.3. The summed E-state index contributed by atoms with van der Waals surface area (Å²) in [4.78, 5) is 11.8. The van der Waals surface area contributed by atoms with Crippen molar-refractivity contribution in [2.24, 2.45) is 0 Å². The fraction of sp³-hybridized carbons (Fsp3) is 0.750. The van der Waals surface area contributed by atoms with Crippen LogP contribution in [0.4, 0.5) is 11.6 Å². The van der Waals surface area contributed by atoms with Crippen molar-refractivity contribution in [1.29, 1.82) is 0 Å². The molecule has 112 valence electrons. The Bertz CT molecular complexity index is 456. The lowest BCUT2D eigenvalue weighted by atomic mass is 10.1. The molecule has 1 unspecified atom stereocenters. The highest BCUT2D eigenvalue weighted by atomic mass is 15.2. The average Bonchev–Trinajstić information content (AvgIpc) is 2.66. The zero-order chi connectivity index (χ0) is 14.7. The number of rotatable bonds is 3. The largest absolute Gasteiger partial charge is 0.383 e. The predicted octanol–water partition coefficient (Wildman–Crippen LogP) is 3.65. The molecule has 1 aromatic rings. The van der Waals surface area contributed by atoms with Crippen LogP contribution in [0.5, 0.6) is 0 Å². The summed E-state index contributed by atoms with van der Waals surface area (Å²) in [6.45, 7) is 9.65. The summed E-state index contributed by atoms with van der Waals surface area (Å²) in [6, 6.07) is 0.588. The average molecular weight is 276 g/mol. The molecule has 0 bridgehead atoms. The van der Waals surface area contributed by atoms with Gasteiger partial charge < -0.3 is 10.6 Å². The fourth-order valence-electron chi connectivity index (χ4n) is 2.96. The van der Waals surface area contributed by atoms with Crippen molar-refractivity contribution < 1.29 is 0 Å². The molecule has 1 aromatic heterocycles. The van der Waals surface area contributed by atoms with E-state index < -0.39 is 0 Å². The lowest BCUT2D eigenvalue weighted by molar-refractivity contribution is 0.549. The molecule has 20 heavy (non-hydrogen) atoms. The van der Waals surface area contributed by atoms with E-state index in [1.807, 2.05) is 6.92 Å². The Labute approximate surface area is 122 Å². The quantitative estimate of drug-likeness (QED) is 0.915. The Morgan fingerprint density at radius 3 is 2.65 bits per heavy atom. The number of nitrogens with two attached hydrogens (primary N) is 1. The first-order chi connectivity index (χ1) is 9.54. The third-order valence-electron chi connectivity index (χ3n) is 4.31. The SMILES string of the molecule is CCC1CCCCCN1c1nc(C(C)C)nc(N)c1C. The van der Waals surface area contributed by atoms with Crippen LogP contribution in [0.1, 0.15) is 70.2 Å². The van der Waals surface area contributed by atoms with Gasteiger partial charge in [0.1, 0.15) is 17.5 Å². The van der Waals surface area contributed by atoms with Crippen molar-refractivity contribution >= 4 is 11.6 Å². The Balaban J connectivity index is 2.42. The first kappa shape index (κ1) is 15.1. The molecule has 1 atom stereocenters. The molecule has 1 fully saturated rings. The van der Waals surface area contributed by atoms with Crippen LogP contribution in [-0.4, -0.2) is 22.6 Å². The Morgan fingerprint density at radius 1 is 1.25 bits per heavy atom. The topological polar surface area (TPSA) is 55.0 Å². The van der Waals surface area contributed by atoms with E-state index in [9.17, 15) is 0 Å². The van der Waals surface area contributed by atoms with Crippen molar-refractivity contribution in [3.63, 3.8) is 0 Å². The molecular formula is C16H28N4. The standard InChI is InChI=1S/C16H28N4/c1-5-13-9-7-6-8-10-20(13)16-12(4)14(17)18-15(19-16)11(2)3/h11,13H,5-10H2,1-4H3,(H2,17,18,19). The van der Waals surface area contributed by atoms with Gasteiger partial charge in [-0.1, -0.05) is 33.6 Å². The molecule has 1 saturated heterocycles. The Morgan fingerprint density at radius 2 is 2.00 bits per heavy atom. The van der Waals surface area contributed by atoms with E-state index in [4.69, 9.17) is 10.7 Å². The second kappa shape index (κ2) is 6.42. The summed E-state index contributed by atoms with van der Waals surface area (Å²) in [5.41, 5.74) is 7.15. The van der Waals surface area contributed by atoms with Crippen LogP contribution in [-0.2, 0) is 0 Å². The Hall–Kier alpha value is -1.32. The maximum absolute atomic E-state index is 6.11. The summed E-state index contributed by atoms with van der Waals surface area (Å²) >= 11 is 0. The molecule has 2 rings (SSSR count). The van der Waals surface area contributed by atoms with E-state index in [-0.39, 0.29) is 0 Å². The van der Waals surface area contributed by atoms with Crippen molar-refractivity contribution in [3.05, 3.63) is 11.4 Å². The number of hydrogen-bond acceptors (Lipinski definition) is 4. The van der Waals surface area contributed by atoms with Gasteiger partial charge in [0.2, 0.25) is 0 Å². The van der Waals surface area contributed by atoms with Crippen molar-refractivity contribution in [2.45, 2.75) is 71.8 Å². The van der Waals surface area contributed by atoms with Gasteiger partial charge in [-0.25, -0.2) is 9.97 Å². The van der Waals surface area contributed by atoms with Gasteiger partial charge >= 0.3 is 0 Å². The van der Waals surface area contributed by atoms with Crippen LogP contribution in [0.25, 0.3) is 0 Å². The predicted molar refractivity (Wildman–Crippen MR) is 85.2 cm³/mol. The number of anilines is 2. The lowest BCUT2D eigenvalue weighted by Crippen LogP contribution is -2.36. The molecule has 2 N–H and O–H groups in total. The third kappa shape index (κ3) is 3.05. The molecule has 2 heterocycles. The maximum Gasteiger partial charge on any atom is 0.137 e. The third-order valence-corrected chi connectivity index (χ3v) is 4.31. The van der Waals surface area contributed by atoms with Crippen molar-refractivity contribution in [3.8, 4) is 0 Å². The molecule has 1 aliphatic rings. The molecule has 0 saturated carbocycles. The van der Waals surface area contributed by atoms with Crippen LogP contribution >= 0.6 is 0 Å². The maximum atomic E-state index is 6.11. The molecule has 4 heteroatoms. The van der Waals surface area contributed by atoms with Gasteiger partial charge in [-0.2, -0.15) is 0 Å². The summed E-state index contributed by atoms with van der Waals surface area (Å²) in [5, 5.41) is 0. The number of aromatic nitrogens is 2. The van der Waals surface area contributed by atoms with Gasteiger partial charge in [0.15, 0.2) is 0 Å². The first-order valence-electron chi connectivity index (χ1n) is 7.95. The van der Waals surface area contributed by atoms with Gasteiger partial charge in [-0.3, -0.25) is 0 Å². The van der Waals surface area contributed by atoms with Crippen molar-refractivity contribution in [1.82, 2.24) is 9.97 Å². The normalized spacial score (nSPS) is 20.2. The summed E-state index contributed by atoms with van der Waals surface area (Å²) in [7, 11) is 0. The second-order valence-electron chi connectivity index (χ2n) is 6.18. The van der Waals surface area contributed by atoms with Gasteiger partial charge in [0.25, 0.3) is 0 Å². The summed E-state index contributed by atoms with van der Waals surface area (Å²) < 4.78 is 0. The van der Waals surface area contributed by atoms with Crippen LogP contribution in [0.15, 0.2) is 0 Å². The zero-order valence-electron chi connectivity index (χ0n) is 13.3. The van der Waals surface area contributed by atoms with Gasteiger partial charge in [-0.05, 0) is 26.2 Å².